The van der Waals surface area contributed by atoms with Crippen LogP contribution in [0, 0.1) is 0 Å². The van der Waals surface area contributed by atoms with Crippen LogP contribution in [-0.4, -0.2) is 56.2 Å². The SMILES string of the molecule is COc1cc(C=CC(=O)N2CCN(c3nccs3)CC2)cc(OC)c1. The largest absolute Gasteiger partial charge is 0.497 e. The minimum Gasteiger partial charge on any atom is -0.497 e. The molecule has 0 bridgehead atoms. The first-order valence-corrected chi connectivity index (χ1v) is 8.92. The molecule has 3 rings (SSSR count). The molecule has 1 saturated heterocycles. The fraction of sp³-hybridized carbons (Fsp3) is 0.333. The van der Waals surface area contributed by atoms with Crippen molar-refractivity contribution in [3.63, 3.8) is 0 Å². The van der Waals surface area contributed by atoms with Gasteiger partial charge in [0.15, 0.2) is 5.13 Å². The number of nitrogens with zero attached hydrogens (tertiary/aromatic N) is 3. The van der Waals surface area contributed by atoms with E-state index in [2.05, 4.69) is 9.88 Å². The number of benzene rings is 1. The van der Waals surface area contributed by atoms with Crippen molar-refractivity contribution in [3.05, 3.63) is 41.4 Å². The lowest BCUT2D eigenvalue weighted by Crippen LogP contribution is -2.48. The molecule has 6 nitrogen and oxygen atoms in total. The third-order valence-corrected chi connectivity index (χ3v) is 4.91. The van der Waals surface area contributed by atoms with Crippen molar-refractivity contribution in [3.8, 4) is 11.5 Å². The maximum Gasteiger partial charge on any atom is 0.246 e. The Kier molecular flexibility index (Phi) is 5.55. The van der Waals surface area contributed by atoms with Gasteiger partial charge in [-0.15, -0.1) is 11.3 Å². The number of hydrogen-bond acceptors (Lipinski definition) is 6. The van der Waals surface area contributed by atoms with Crippen LogP contribution in [0.15, 0.2) is 35.9 Å². The van der Waals surface area contributed by atoms with E-state index in [4.69, 9.17) is 9.47 Å². The van der Waals surface area contributed by atoms with Gasteiger partial charge in [0.2, 0.25) is 5.91 Å². The van der Waals surface area contributed by atoms with Gasteiger partial charge < -0.3 is 19.3 Å². The van der Waals surface area contributed by atoms with Crippen LogP contribution in [0.25, 0.3) is 6.08 Å². The second-order valence-corrected chi connectivity index (χ2v) is 6.48. The summed E-state index contributed by atoms with van der Waals surface area (Å²) in [5, 5.41) is 2.99. The van der Waals surface area contributed by atoms with Crippen LogP contribution >= 0.6 is 11.3 Å². The van der Waals surface area contributed by atoms with Crippen LogP contribution in [0.2, 0.25) is 0 Å². The zero-order valence-electron chi connectivity index (χ0n) is 14.3. The molecule has 2 aromatic rings. The molecule has 0 spiro atoms. The van der Waals surface area contributed by atoms with Crippen molar-refractivity contribution in [2.75, 3.05) is 45.3 Å². The van der Waals surface area contributed by atoms with Crippen LogP contribution in [-0.2, 0) is 4.79 Å². The Hall–Kier alpha value is -2.54. The van der Waals surface area contributed by atoms with E-state index < -0.39 is 0 Å². The van der Waals surface area contributed by atoms with Gasteiger partial charge in [-0.2, -0.15) is 0 Å². The number of carbonyl (C=O) groups is 1. The second-order valence-electron chi connectivity index (χ2n) is 5.61. The van der Waals surface area contributed by atoms with Gasteiger partial charge >= 0.3 is 0 Å². The molecule has 0 atom stereocenters. The molecule has 0 saturated carbocycles. The van der Waals surface area contributed by atoms with E-state index in [-0.39, 0.29) is 5.91 Å². The van der Waals surface area contributed by atoms with Gasteiger partial charge in [0.1, 0.15) is 11.5 Å². The monoisotopic (exact) mass is 359 g/mol. The number of anilines is 1. The first kappa shape index (κ1) is 17.3. The Bertz CT molecular complexity index is 716. The van der Waals surface area contributed by atoms with Gasteiger partial charge in [-0.3, -0.25) is 4.79 Å². The van der Waals surface area contributed by atoms with E-state index in [1.165, 1.54) is 0 Å². The zero-order valence-corrected chi connectivity index (χ0v) is 15.2. The quantitative estimate of drug-likeness (QED) is 0.768. The van der Waals surface area contributed by atoms with E-state index >= 15 is 0 Å². The molecule has 1 aromatic carbocycles. The summed E-state index contributed by atoms with van der Waals surface area (Å²) < 4.78 is 10.5. The lowest BCUT2D eigenvalue weighted by atomic mass is 10.2. The smallest absolute Gasteiger partial charge is 0.246 e. The number of piperazine rings is 1. The number of rotatable bonds is 5. The van der Waals surface area contributed by atoms with Crippen LogP contribution < -0.4 is 14.4 Å². The highest BCUT2D eigenvalue weighted by Crippen LogP contribution is 2.23. The number of ether oxygens (including phenoxy) is 2. The highest BCUT2D eigenvalue weighted by atomic mass is 32.1. The standard InChI is InChI=1S/C18H21N3O3S/c1-23-15-11-14(12-16(13-15)24-2)3-4-17(22)20-6-8-21(9-7-20)18-19-5-10-25-18/h3-5,10-13H,6-9H2,1-2H3. The minimum absolute atomic E-state index is 0.0144. The van der Waals surface area contributed by atoms with E-state index in [0.29, 0.717) is 24.6 Å². The van der Waals surface area contributed by atoms with E-state index in [0.717, 1.165) is 23.8 Å². The van der Waals surface area contributed by atoms with Gasteiger partial charge in [-0.05, 0) is 23.8 Å². The Morgan fingerprint density at radius 2 is 1.80 bits per heavy atom. The number of hydrogen-bond donors (Lipinski definition) is 0. The van der Waals surface area contributed by atoms with Gasteiger partial charge in [-0.1, -0.05) is 0 Å². The van der Waals surface area contributed by atoms with Crippen molar-refractivity contribution in [1.82, 2.24) is 9.88 Å². The van der Waals surface area contributed by atoms with Crippen LogP contribution in [0.5, 0.6) is 11.5 Å². The Balaban J connectivity index is 1.60. The fourth-order valence-corrected chi connectivity index (χ4v) is 3.39. The van der Waals surface area contributed by atoms with Gasteiger partial charge in [0.05, 0.1) is 14.2 Å². The third kappa shape index (κ3) is 4.30. The van der Waals surface area contributed by atoms with E-state index in [1.54, 1.807) is 43.8 Å². The van der Waals surface area contributed by atoms with Crippen molar-refractivity contribution >= 4 is 28.5 Å². The summed E-state index contributed by atoms with van der Waals surface area (Å²) in [5.41, 5.74) is 0.867. The fourth-order valence-electron chi connectivity index (χ4n) is 2.69. The number of amides is 1. The summed E-state index contributed by atoms with van der Waals surface area (Å²) in [7, 11) is 3.21. The molecule has 1 amide bonds. The maximum atomic E-state index is 12.4. The van der Waals surface area contributed by atoms with Crippen molar-refractivity contribution in [2.45, 2.75) is 0 Å². The molecule has 2 heterocycles. The van der Waals surface area contributed by atoms with Crippen molar-refractivity contribution in [2.24, 2.45) is 0 Å². The summed E-state index contributed by atoms with van der Waals surface area (Å²) in [4.78, 5) is 20.8. The summed E-state index contributed by atoms with van der Waals surface area (Å²) in [6.07, 6.45) is 5.20. The summed E-state index contributed by atoms with van der Waals surface area (Å²) in [5.74, 6) is 1.41. The molecular weight excluding hydrogens is 338 g/mol. The van der Waals surface area contributed by atoms with Crippen molar-refractivity contribution < 1.29 is 14.3 Å². The predicted molar refractivity (Wildman–Crippen MR) is 99.5 cm³/mol. The molecule has 1 aliphatic rings. The number of methoxy groups -OCH3 is 2. The molecule has 1 aliphatic heterocycles. The lowest BCUT2D eigenvalue weighted by molar-refractivity contribution is -0.126. The molecular formula is C18H21N3O3S. The number of aromatic nitrogens is 1. The highest BCUT2D eigenvalue weighted by molar-refractivity contribution is 7.13. The van der Waals surface area contributed by atoms with E-state index in [9.17, 15) is 4.79 Å². The van der Waals surface area contributed by atoms with Crippen LogP contribution in [0.4, 0.5) is 5.13 Å². The molecule has 25 heavy (non-hydrogen) atoms. The second kappa shape index (κ2) is 8.02. The molecule has 1 aromatic heterocycles. The summed E-state index contributed by atoms with van der Waals surface area (Å²) in [6, 6.07) is 5.54. The average molecular weight is 359 g/mol. The molecule has 0 aliphatic carbocycles. The predicted octanol–water partition coefficient (Wildman–Crippen LogP) is 2.52. The van der Waals surface area contributed by atoms with Gasteiger partial charge in [-0.25, -0.2) is 4.98 Å². The topological polar surface area (TPSA) is 54.9 Å². The van der Waals surface area contributed by atoms with Gasteiger partial charge in [0, 0.05) is 49.9 Å². The molecule has 0 N–H and O–H groups in total. The van der Waals surface area contributed by atoms with Crippen LogP contribution in [0.3, 0.4) is 0 Å². The van der Waals surface area contributed by atoms with Crippen LogP contribution in [0.1, 0.15) is 5.56 Å². The Morgan fingerprint density at radius 3 is 2.36 bits per heavy atom. The molecule has 7 heteroatoms. The molecule has 0 unspecified atom stereocenters. The molecule has 0 radical (unpaired) electrons. The number of thiazole rings is 1. The maximum absolute atomic E-state index is 12.4. The Labute approximate surface area is 151 Å². The summed E-state index contributed by atoms with van der Waals surface area (Å²) in [6.45, 7) is 3.01. The first-order chi connectivity index (χ1) is 12.2. The average Bonchev–Trinajstić information content (AvgIpc) is 3.20. The zero-order chi connectivity index (χ0) is 17.6. The normalized spacial score (nSPS) is 14.8. The third-order valence-electron chi connectivity index (χ3n) is 4.07. The highest BCUT2D eigenvalue weighted by Gasteiger charge is 2.20. The molecule has 1 fully saturated rings. The minimum atomic E-state index is 0.0144. The molecule has 132 valence electrons. The lowest BCUT2D eigenvalue weighted by Gasteiger charge is -2.34. The Morgan fingerprint density at radius 1 is 1.12 bits per heavy atom. The van der Waals surface area contributed by atoms with Gasteiger partial charge in [0.25, 0.3) is 0 Å². The first-order valence-electron chi connectivity index (χ1n) is 8.04. The van der Waals surface area contributed by atoms with E-state index in [1.807, 2.05) is 28.6 Å². The van der Waals surface area contributed by atoms with Crippen molar-refractivity contribution in [1.29, 1.82) is 0 Å². The number of carbonyl (C=O) groups excluding carboxylic acids is 1. The summed E-state index contributed by atoms with van der Waals surface area (Å²) >= 11 is 1.63.